The van der Waals surface area contributed by atoms with Gasteiger partial charge in [-0.05, 0) is 44.0 Å². The third-order valence-electron chi connectivity index (χ3n) is 4.72. The smallest absolute Gasteiger partial charge is 0.274 e. The summed E-state index contributed by atoms with van der Waals surface area (Å²) in [6, 6.07) is 6.92. The molecule has 4 rings (SSSR count). The van der Waals surface area contributed by atoms with Gasteiger partial charge in [0.25, 0.3) is 5.91 Å². The molecule has 11 heteroatoms. The Morgan fingerprint density at radius 3 is 2.30 bits per heavy atom. The second-order valence-electron chi connectivity index (χ2n) is 7.60. The van der Waals surface area contributed by atoms with E-state index in [1.54, 1.807) is 51.5 Å². The van der Waals surface area contributed by atoms with Gasteiger partial charge in [-0.25, -0.2) is 13.3 Å². The third-order valence-corrected chi connectivity index (χ3v) is 5.00. The highest BCUT2D eigenvalue weighted by molar-refractivity contribution is 6.32. The summed E-state index contributed by atoms with van der Waals surface area (Å²) < 4.78 is 32.0. The van der Waals surface area contributed by atoms with E-state index in [1.807, 2.05) is 0 Å². The molecule has 3 aromatic rings. The normalized spacial score (nSPS) is 14.4. The molecular weight excluding hydrogens is 454 g/mol. The van der Waals surface area contributed by atoms with Gasteiger partial charge in [0.2, 0.25) is 5.92 Å². The third kappa shape index (κ3) is 8.05. The van der Waals surface area contributed by atoms with E-state index in [9.17, 15) is 13.6 Å². The Bertz CT molecular complexity index is 1090. The summed E-state index contributed by atoms with van der Waals surface area (Å²) in [5, 5.41) is 11.0. The van der Waals surface area contributed by atoms with Crippen LogP contribution in [0.25, 0.3) is 5.52 Å². The number of aryl methyl sites for hydroxylation is 1. The number of methoxy groups -OCH3 is 1. The Morgan fingerprint density at radius 2 is 1.82 bits per heavy atom. The van der Waals surface area contributed by atoms with Crippen LogP contribution >= 0.6 is 11.6 Å². The molecule has 0 unspecified atom stereocenters. The number of alkyl halides is 2. The number of halogens is 3. The first-order chi connectivity index (χ1) is 15.5. The van der Waals surface area contributed by atoms with Gasteiger partial charge in [0.15, 0.2) is 5.15 Å². The predicted octanol–water partition coefficient (Wildman–Crippen LogP) is 5.31. The molecule has 0 bridgehead atoms. The molecule has 3 aromatic heterocycles. The molecule has 1 aliphatic carbocycles. The lowest BCUT2D eigenvalue weighted by Crippen LogP contribution is -2.18. The van der Waals surface area contributed by atoms with Crippen molar-refractivity contribution in [1.29, 1.82) is 0 Å². The van der Waals surface area contributed by atoms with Crippen LogP contribution in [0.3, 0.4) is 0 Å². The van der Waals surface area contributed by atoms with Crippen molar-refractivity contribution in [3.63, 3.8) is 0 Å². The van der Waals surface area contributed by atoms with Crippen molar-refractivity contribution in [3.05, 3.63) is 53.6 Å². The Morgan fingerprint density at radius 1 is 1.21 bits per heavy atom. The van der Waals surface area contributed by atoms with Crippen molar-refractivity contribution in [2.45, 2.75) is 45.0 Å². The Labute approximate surface area is 196 Å². The van der Waals surface area contributed by atoms with Crippen molar-refractivity contribution in [2.75, 3.05) is 18.2 Å². The second-order valence-corrected chi connectivity index (χ2v) is 7.96. The summed E-state index contributed by atoms with van der Waals surface area (Å²) in [5.41, 5.74) is 7.22. The first kappa shape index (κ1) is 26.1. The zero-order chi connectivity index (χ0) is 24.6. The van der Waals surface area contributed by atoms with Gasteiger partial charge < -0.3 is 15.8 Å². The van der Waals surface area contributed by atoms with E-state index < -0.39 is 5.92 Å². The summed E-state index contributed by atoms with van der Waals surface area (Å²) in [4.78, 5) is 12.3. The minimum absolute atomic E-state index is 0.118. The number of nitrogens with two attached hydrogens (primary N) is 1. The summed E-state index contributed by atoms with van der Waals surface area (Å²) in [6.45, 7) is 5.26. The topological polar surface area (TPSA) is 99.5 Å². The lowest BCUT2D eigenvalue weighted by atomic mass is 9.97. The Hall–Kier alpha value is -3.14. The van der Waals surface area contributed by atoms with Crippen LogP contribution in [-0.2, 0) is 11.8 Å². The van der Waals surface area contributed by atoms with Crippen molar-refractivity contribution in [3.8, 4) is 0 Å². The maximum Gasteiger partial charge on any atom is 0.274 e. The van der Waals surface area contributed by atoms with Crippen LogP contribution in [0.2, 0.25) is 5.15 Å². The number of nitrogens with zero attached hydrogens (tertiary/aromatic N) is 4. The van der Waals surface area contributed by atoms with Gasteiger partial charge in [-0.1, -0.05) is 24.6 Å². The van der Waals surface area contributed by atoms with E-state index in [0.29, 0.717) is 30.0 Å². The molecule has 180 valence electrons. The van der Waals surface area contributed by atoms with Gasteiger partial charge in [-0.3, -0.25) is 9.48 Å². The minimum atomic E-state index is -2.32. The monoisotopic (exact) mass is 482 g/mol. The van der Waals surface area contributed by atoms with Crippen molar-refractivity contribution in [2.24, 2.45) is 7.05 Å². The zero-order valence-electron chi connectivity index (χ0n) is 18.9. The fourth-order valence-corrected chi connectivity index (χ4v) is 3.19. The number of rotatable bonds is 3. The number of anilines is 2. The molecule has 3 N–H and O–H groups in total. The molecule has 1 saturated carbocycles. The predicted molar refractivity (Wildman–Crippen MR) is 126 cm³/mol. The summed E-state index contributed by atoms with van der Waals surface area (Å²) >= 11 is 5.90. The minimum Gasteiger partial charge on any atom is -0.502 e. The standard InChI is InChI=1S/C12H11ClN6O.C6H10F2.C4H8O/c1-18-6-8(11(13)17-18)15-12(20)9-4-2-7-3-5-10(14)16-19(7)9;7-6(8)4-2-1-3-5-6;1-4(2)5-3/h2-6H,1H3,(H2,14,16)(H,15,20);1-5H2;1H2,2-3H3. The first-order valence-corrected chi connectivity index (χ1v) is 10.7. The summed E-state index contributed by atoms with van der Waals surface area (Å²) in [7, 11) is 3.32. The van der Waals surface area contributed by atoms with Gasteiger partial charge in [-0.2, -0.15) is 10.2 Å². The molecule has 0 radical (unpaired) electrons. The van der Waals surface area contributed by atoms with Gasteiger partial charge >= 0.3 is 0 Å². The first-order valence-electron chi connectivity index (χ1n) is 10.3. The number of hydrogen-bond donors (Lipinski definition) is 2. The highest BCUT2D eigenvalue weighted by Gasteiger charge is 2.30. The second kappa shape index (κ2) is 11.6. The molecule has 0 atom stereocenters. The number of nitrogens with one attached hydrogen (secondary N) is 1. The van der Waals surface area contributed by atoms with Crippen LogP contribution in [0.5, 0.6) is 0 Å². The maximum absolute atomic E-state index is 12.3. The molecular formula is C22H29ClF2N6O2. The van der Waals surface area contributed by atoms with Crippen molar-refractivity contribution in [1.82, 2.24) is 19.4 Å². The van der Waals surface area contributed by atoms with Gasteiger partial charge in [-0.15, -0.1) is 0 Å². The number of fused-ring (bicyclic) bond motifs is 1. The molecule has 0 spiro atoms. The highest BCUT2D eigenvalue weighted by atomic mass is 35.5. The SMILES string of the molecule is C=C(C)OC.Cn1cc(NC(=O)c2ccc3ccc(N)nn23)c(Cl)n1.FC1(F)CCCCC1. The number of carbonyl (C=O) groups is 1. The number of allylic oxidation sites excluding steroid dienone is 1. The molecule has 33 heavy (non-hydrogen) atoms. The van der Waals surface area contributed by atoms with E-state index in [4.69, 9.17) is 17.3 Å². The van der Waals surface area contributed by atoms with Crippen molar-refractivity contribution < 1.29 is 18.3 Å². The molecule has 0 aliphatic heterocycles. The molecule has 0 aromatic carbocycles. The number of carbonyl (C=O) groups excluding carboxylic acids is 1. The Balaban J connectivity index is 0.000000244. The van der Waals surface area contributed by atoms with Crippen LogP contribution in [0.15, 0.2) is 42.8 Å². The van der Waals surface area contributed by atoms with Crippen molar-refractivity contribution >= 4 is 34.5 Å². The van der Waals surface area contributed by atoms with Crippen LogP contribution in [0.4, 0.5) is 20.3 Å². The van der Waals surface area contributed by atoms with Gasteiger partial charge in [0.1, 0.15) is 11.5 Å². The van der Waals surface area contributed by atoms with E-state index in [-0.39, 0.29) is 23.9 Å². The molecule has 8 nitrogen and oxygen atoms in total. The fraction of sp³-hybridized carbons (Fsp3) is 0.409. The molecule has 1 fully saturated rings. The fourth-order valence-electron chi connectivity index (χ4n) is 2.97. The molecule has 1 amide bonds. The number of aromatic nitrogens is 4. The van der Waals surface area contributed by atoms with E-state index >= 15 is 0 Å². The quantitative estimate of drug-likeness (QED) is 0.493. The van der Waals surface area contributed by atoms with Crippen LogP contribution < -0.4 is 11.1 Å². The van der Waals surface area contributed by atoms with E-state index in [2.05, 4.69) is 26.8 Å². The van der Waals surface area contributed by atoms with Gasteiger partial charge in [0, 0.05) is 26.1 Å². The van der Waals surface area contributed by atoms with E-state index in [0.717, 1.165) is 17.7 Å². The van der Waals surface area contributed by atoms with Crippen LogP contribution in [0, 0.1) is 0 Å². The molecule has 0 saturated heterocycles. The lowest BCUT2D eigenvalue weighted by Gasteiger charge is -2.20. The molecule has 1 aliphatic rings. The maximum atomic E-state index is 12.3. The number of hydrogen-bond acceptors (Lipinski definition) is 5. The van der Waals surface area contributed by atoms with Crippen LogP contribution in [-0.4, -0.2) is 38.3 Å². The summed E-state index contributed by atoms with van der Waals surface area (Å²) in [6.07, 6.45) is 4.29. The molecule has 3 heterocycles. The van der Waals surface area contributed by atoms with E-state index in [1.165, 1.54) is 9.20 Å². The lowest BCUT2D eigenvalue weighted by molar-refractivity contribution is -0.0337. The number of ether oxygens (including phenoxy) is 1. The number of nitrogen functional groups attached to an aromatic ring is 1. The van der Waals surface area contributed by atoms with Crippen LogP contribution in [0.1, 0.15) is 49.5 Å². The Kier molecular flexibility index (Phi) is 9.22. The highest BCUT2D eigenvalue weighted by Crippen LogP contribution is 2.32. The largest absolute Gasteiger partial charge is 0.502 e. The summed E-state index contributed by atoms with van der Waals surface area (Å²) in [5.74, 6) is -1.57. The average molecular weight is 483 g/mol. The number of amides is 1. The van der Waals surface area contributed by atoms with Gasteiger partial charge in [0.05, 0.1) is 24.1 Å². The zero-order valence-corrected chi connectivity index (χ0v) is 19.7. The average Bonchev–Trinajstić information content (AvgIpc) is 3.30.